The topological polar surface area (TPSA) is 35.0 Å². The van der Waals surface area contributed by atoms with Gasteiger partial charge in [-0.15, -0.1) is 10.2 Å². The largest absolute Gasteiger partial charge is 0.437 e. The summed E-state index contributed by atoms with van der Waals surface area (Å²) >= 11 is 5.91. The highest BCUT2D eigenvalue weighted by atomic mass is 35.5. The van der Waals surface area contributed by atoms with Crippen LogP contribution in [0.5, 0.6) is 11.6 Å². The third-order valence-electron chi connectivity index (χ3n) is 2.96. The van der Waals surface area contributed by atoms with Gasteiger partial charge >= 0.3 is 0 Å². The predicted molar refractivity (Wildman–Crippen MR) is 72.5 cm³/mol. The van der Waals surface area contributed by atoms with Gasteiger partial charge in [-0.05, 0) is 44.9 Å². The number of aromatic nitrogens is 2. The lowest BCUT2D eigenvalue weighted by Crippen LogP contribution is -1.98. The Morgan fingerprint density at radius 1 is 1.00 bits per heavy atom. The minimum Gasteiger partial charge on any atom is -0.437 e. The summed E-state index contributed by atoms with van der Waals surface area (Å²) in [6, 6.07) is 6.02. The monoisotopic (exact) mass is 262 g/mol. The third kappa shape index (κ3) is 2.46. The average Bonchev–Trinajstić information content (AvgIpc) is 2.33. The van der Waals surface area contributed by atoms with Crippen LogP contribution >= 0.6 is 11.6 Å². The zero-order valence-corrected chi connectivity index (χ0v) is 11.7. The van der Waals surface area contributed by atoms with E-state index in [2.05, 4.69) is 16.3 Å². The van der Waals surface area contributed by atoms with Crippen LogP contribution in [0.1, 0.15) is 22.3 Å². The van der Waals surface area contributed by atoms with Gasteiger partial charge in [0.2, 0.25) is 5.88 Å². The first-order valence-corrected chi connectivity index (χ1v) is 6.11. The lowest BCUT2D eigenvalue weighted by molar-refractivity contribution is 0.447. The minimum atomic E-state index is 0.417. The van der Waals surface area contributed by atoms with E-state index in [-0.39, 0.29) is 0 Å². The normalized spacial score (nSPS) is 10.5. The van der Waals surface area contributed by atoms with Crippen LogP contribution in [0.4, 0.5) is 0 Å². The van der Waals surface area contributed by atoms with Gasteiger partial charge in [0, 0.05) is 5.56 Å². The second kappa shape index (κ2) is 4.94. The molecule has 1 aromatic heterocycles. The Morgan fingerprint density at radius 2 is 1.72 bits per heavy atom. The molecular weight excluding hydrogens is 248 g/mol. The molecule has 2 rings (SSSR count). The van der Waals surface area contributed by atoms with Gasteiger partial charge in [0.15, 0.2) is 5.15 Å². The Bertz CT molecular complexity index is 597. The smallest absolute Gasteiger partial charge is 0.242 e. The summed E-state index contributed by atoms with van der Waals surface area (Å²) in [5, 5.41) is 8.28. The zero-order valence-electron chi connectivity index (χ0n) is 10.9. The van der Waals surface area contributed by atoms with Crippen LogP contribution in [0, 0.1) is 27.7 Å². The van der Waals surface area contributed by atoms with Crippen LogP contribution in [0.2, 0.25) is 5.15 Å². The molecule has 0 saturated carbocycles. The van der Waals surface area contributed by atoms with Crippen LogP contribution in [0.15, 0.2) is 18.2 Å². The molecule has 0 amide bonds. The molecule has 0 aliphatic heterocycles. The van der Waals surface area contributed by atoms with Crippen LogP contribution in [-0.2, 0) is 0 Å². The molecular formula is C14H15ClN2O. The molecule has 0 bridgehead atoms. The van der Waals surface area contributed by atoms with Crippen molar-refractivity contribution in [3.05, 3.63) is 45.6 Å². The summed E-state index contributed by atoms with van der Waals surface area (Å²) in [6.07, 6.45) is 0. The van der Waals surface area contributed by atoms with Gasteiger partial charge in [-0.1, -0.05) is 29.3 Å². The van der Waals surface area contributed by atoms with E-state index < -0.39 is 0 Å². The minimum absolute atomic E-state index is 0.417. The predicted octanol–water partition coefficient (Wildman–Crippen LogP) is 4.16. The number of hydrogen-bond donors (Lipinski definition) is 0. The van der Waals surface area contributed by atoms with Crippen molar-refractivity contribution in [1.29, 1.82) is 0 Å². The Hall–Kier alpha value is -1.61. The standard InChI is InChI=1S/C14H15ClN2O/c1-8-5-6-12(9(2)7-8)18-14-11(4)10(3)13(15)16-17-14/h5-7H,1-4H3. The average molecular weight is 263 g/mol. The van der Waals surface area contributed by atoms with Gasteiger partial charge in [0.25, 0.3) is 0 Å². The molecule has 0 aliphatic carbocycles. The quantitative estimate of drug-likeness (QED) is 0.815. The summed E-state index contributed by atoms with van der Waals surface area (Å²) in [5.74, 6) is 1.29. The van der Waals surface area contributed by atoms with E-state index in [9.17, 15) is 0 Å². The Kier molecular flexibility index (Phi) is 3.53. The fourth-order valence-electron chi connectivity index (χ4n) is 1.67. The second-order valence-electron chi connectivity index (χ2n) is 4.42. The van der Waals surface area contributed by atoms with Gasteiger partial charge < -0.3 is 4.74 Å². The summed E-state index contributed by atoms with van der Waals surface area (Å²) in [6.45, 7) is 7.89. The molecule has 0 spiro atoms. The Balaban J connectivity index is 2.37. The first-order chi connectivity index (χ1) is 8.49. The van der Waals surface area contributed by atoms with Crippen LogP contribution in [0.25, 0.3) is 0 Å². The number of ether oxygens (including phenoxy) is 1. The highest BCUT2D eigenvalue weighted by Gasteiger charge is 2.11. The summed E-state index contributed by atoms with van der Waals surface area (Å²) < 4.78 is 5.80. The van der Waals surface area contributed by atoms with Crippen molar-refractivity contribution < 1.29 is 4.74 Å². The van der Waals surface area contributed by atoms with E-state index in [4.69, 9.17) is 16.3 Å². The van der Waals surface area contributed by atoms with E-state index in [1.54, 1.807) is 0 Å². The van der Waals surface area contributed by atoms with E-state index >= 15 is 0 Å². The molecule has 0 unspecified atom stereocenters. The first kappa shape index (κ1) is 12.8. The van der Waals surface area contributed by atoms with Gasteiger partial charge in [-0.3, -0.25) is 0 Å². The maximum absolute atomic E-state index is 5.91. The molecule has 94 valence electrons. The maximum Gasteiger partial charge on any atom is 0.242 e. The van der Waals surface area contributed by atoms with Crippen molar-refractivity contribution in [2.45, 2.75) is 27.7 Å². The molecule has 0 fully saturated rings. The van der Waals surface area contributed by atoms with E-state index in [0.717, 1.165) is 22.4 Å². The third-order valence-corrected chi connectivity index (χ3v) is 3.32. The highest BCUT2D eigenvalue weighted by molar-refractivity contribution is 6.30. The van der Waals surface area contributed by atoms with Crippen molar-refractivity contribution in [2.24, 2.45) is 0 Å². The van der Waals surface area contributed by atoms with E-state index in [0.29, 0.717) is 11.0 Å². The molecule has 1 aromatic carbocycles. The lowest BCUT2D eigenvalue weighted by atomic mass is 10.1. The molecule has 0 saturated heterocycles. The molecule has 18 heavy (non-hydrogen) atoms. The number of hydrogen-bond acceptors (Lipinski definition) is 3. The van der Waals surface area contributed by atoms with Crippen LogP contribution in [0.3, 0.4) is 0 Å². The molecule has 1 heterocycles. The highest BCUT2D eigenvalue weighted by Crippen LogP contribution is 2.29. The first-order valence-electron chi connectivity index (χ1n) is 5.73. The number of benzene rings is 1. The van der Waals surface area contributed by atoms with Crippen LogP contribution in [-0.4, -0.2) is 10.2 Å². The summed E-state index contributed by atoms with van der Waals surface area (Å²) in [5.41, 5.74) is 4.08. The van der Waals surface area contributed by atoms with Crippen molar-refractivity contribution in [2.75, 3.05) is 0 Å². The number of rotatable bonds is 2. The summed E-state index contributed by atoms with van der Waals surface area (Å²) in [7, 11) is 0. The van der Waals surface area contributed by atoms with E-state index in [1.165, 1.54) is 5.56 Å². The molecule has 0 atom stereocenters. The molecule has 3 nitrogen and oxygen atoms in total. The molecule has 0 N–H and O–H groups in total. The maximum atomic E-state index is 5.91. The molecule has 2 aromatic rings. The SMILES string of the molecule is Cc1ccc(Oc2nnc(Cl)c(C)c2C)c(C)c1. The molecule has 4 heteroatoms. The second-order valence-corrected chi connectivity index (χ2v) is 4.77. The lowest BCUT2D eigenvalue weighted by Gasteiger charge is -2.11. The van der Waals surface area contributed by atoms with Crippen LogP contribution < -0.4 is 4.74 Å². The van der Waals surface area contributed by atoms with Gasteiger partial charge in [-0.25, -0.2) is 0 Å². The fourth-order valence-corrected chi connectivity index (χ4v) is 1.85. The number of aryl methyl sites for hydroxylation is 2. The van der Waals surface area contributed by atoms with Crippen molar-refractivity contribution in [3.63, 3.8) is 0 Å². The Labute approximate surface area is 112 Å². The number of halogens is 1. The van der Waals surface area contributed by atoms with Gasteiger partial charge in [0.1, 0.15) is 5.75 Å². The van der Waals surface area contributed by atoms with Crippen molar-refractivity contribution >= 4 is 11.6 Å². The molecule has 0 aliphatic rings. The molecule has 0 radical (unpaired) electrons. The zero-order chi connectivity index (χ0) is 13.3. The number of nitrogens with zero attached hydrogens (tertiary/aromatic N) is 2. The van der Waals surface area contributed by atoms with Crippen molar-refractivity contribution in [1.82, 2.24) is 10.2 Å². The Morgan fingerprint density at radius 3 is 2.39 bits per heavy atom. The fraction of sp³-hybridized carbons (Fsp3) is 0.286. The van der Waals surface area contributed by atoms with Gasteiger partial charge in [-0.2, -0.15) is 0 Å². The van der Waals surface area contributed by atoms with E-state index in [1.807, 2.05) is 39.8 Å². The summed E-state index contributed by atoms with van der Waals surface area (Å²) in [4.78, 5) is 0. The van der Waals surface area contributed by atoms with Gasteiger partial charge in [0.05, 0.1) is 0 Å². The van der Waals surface area contributed by atoms with Crippen molar-refractivity contribution in [3.8, 4) is 11.6 Å².